The summed E-state index contributed by atoms with van der Waals surface area (Å²) in [7, 11) is 0. The van der Waals surface area contributed by atoms with Crippen LogP contribution >= 0.6 is 0 Å². The fraction of sp³-hybridized carbons (Fsp3) is 0.182. The summed E-state index contributed by atoms with van der Waals surface area (Å²) < 4.78 is 5.52. The maximum absolute atomic E-state index is 5.52. The number of rotatable bonds is 3. The minimum absolute atomic E-state index is 0.00633. The molecule has 27 heavy (non-hydrogen) atoms. The molecule has 0 amide bonds. The quantitative estimate of drug-likeness (QED) is 0.567. The molecule has 5 rings (SSSR count). The van der Waals surface area contributed by atoms with Crippen molar-refractivity contribution >= 4 is 10.8 Å². The molecule has 0 bridgehead atoms. The number of benzene rings is 3. The Hall–Kier alpha value is -3.02. The number of hydrogen-bond donors (Lipinski definition) is 2. The van der Waals surface area contributed by atoms with E-state index in [0.29, 0.717) is 11.7 Å². The molecule has 2 unspecified atom stereocenters. The van der Waals surface area contributed by atoms with Crippen LogP contribution in [0.5, 0.6) is 0 Å². The summed E-state index contributed by atoms with van der Waals surface area (Å²) >= 11 is 0. The summed E-state index contributed by atoms with van der Waals surface area (Å²) in [5, 5.41) is 6.65. The SMILES string of the molecule is Cc1ccc(-c2noc(C3CC(c4ccc5ccccc5c4)NN3)n2)cc1. The minimum Gasteiger partial charge on any atom is -0.337 e. The zero-order valence-corrected chi connectivity index (χ0v) is 15.0. The average Bonchev–Trinajstić information content (AvgIpc) is 3.38. The van der Waals surface area contributed by atoms with Gasteiger partial charge in [0.2, 0.25) is 11.7 Å². The van der Waals surface area contributed by atoms with E-state index in [-0.39, 0.29) is 12.1 Å². The summed E-state index contributed by atoms with van der Waals surface area (Å²) in [4.78, 5) is 4.59. The lowest BCUT2D eigenvalue weighted by molar-refractivity contribution is 0.340. The third-order valence-electron chi connectivity index (χ3n) is 5.13. The highest BCUT2D eigenvalue weighted by Crippen LogP contribution is 2.32. The van der Waals surface area contributed by atoms with Gasteiger partial charge in [-0.25, -0.2) is 10.9 Å². The zero-order valence-electron chi connectivity index (χ0n) is 15.0. The second-order valence-electron chi connectivity index (χ2n) is 7.06. The molecule has 1 saturated heterocycles. The van der Waals surface area contributed by atoms with Gasteiger partial charge in [-0.15, -0.1) is 0 Å². The van der Waals surface area contributed by atoms with E-state index in [1.165, 1.54) is 21.9 Å². The van der Waals surface area contributed by atoms with Crippen molar-refractivity contribution in [1.29, 1.82) is 0 Å². The van der Waals surface area contributed by atoms with E-state index in [0.717, 1.165) is 12.0 Å². The number of hydrazine groups is 1. The number of fused-ring (bicyclic) bond motifs is 1. The van der Waals surface area contributed by atoms with E-state index in [1.54, 1.807) is 0 Å². The molecule has 2 atom stereocenters. The summed E-state index contributed by atoms with van der Waals surface area (Å²) in [6.45, 7) is 2.06. The van der Waals surface area contributed by atoms with Crippen molar-refractivity contribution < 1.29 is 4.52 Å². The summed E-state index contributed by atoms with van der Waals surface area (Å²) in [5.74, 6) is 1.24. The zero-order chi connectivity index (χ0) is 18.2. The lowest BCUT2D eigenvalue weighted by atomic mass is 9.99. The van der Waals surface area contributed by atoms with Gasteiger partial charge in [0.05, 0.1) is 0 Å². The van der Waals surface area contributed by atoms with E-state index < -0.39 is 0 Å². The molecule has 0 saturated carbocycles. The van der Waals surface area contributed by atoms with Crippen molar-refractivity contribution in [2.24, 2.45) is 0 Å². The molecule has 2 heterocycles. The van der Waals surface area contributed by atoms with E-state index >= 15 is 0 Å². The van der Waals surface area contributed by atoms with Gasteiger partial charge in [0, 0.05) is 11.6 Å². The largest absolute Gasteiger partial charge is 0.337 e. The molecule has 4 aromatic rings. The number of aromatic nitrogens is 2. The first-order valence-electron chi connectivity index (χ1n) is 9.17. The van der Waals surface area contributed by atoms with Crippen LogP contribution in [0.2, 0.25) is 0 Å². The first-order valence-corrected chi connectivity index (χ1v) is 9.17. The van der Waals surface area contributed by atoms with E-state index in [4.69, 9.17) is 4.52 Å². The van der Waals surface area contributed by atoms with Gasteiger partial charge < -0.3 is 4.52 Å². The van der Waals surface area contributed by atoms with Gasteiger partial charge in [0.1, 0.15) is 6.04 Å². The lowest BCUT2D eigenvalue weighted by Crippen LogP contribution is -2.26. The standard InChI is InChI=1S/C22H20N4O/c1-14-6-8-16(9-7-14)21-23-22(27-26-21)20-13-19(24-25-20)18-11-10-15-4-2-3-5-17(15)12-18/h2-12,19-20,24-25H,13H2,1H3. The van der Waals surface area contributed by atoms with Crippen molar-refractivity contribution in [3.05, 3.63) is 83.7 Å². The van der Waals surface area contributed by atoms with Crippen LogP contribution < -0.4 is 10.9 Å². The highest BCUT2D eigenvalue weighted by Gasteiger charge is 2.30. The Morgan fingerprint density at radius 3 is 2.52 bits per heavy atom. The molecule has 3 aromatic carbocycles. The van der Waals surface area contributed by atoms with Crippen molar-refractivity contribution in [2.45, 2.75) is 25.4 Å². The Balaban J connectivity index is 1.35. The Morgan fingerprint density at radius 1 is 0.889 bits per heavy atom. The highest BCUT2D eigenvalue weighted by atomic mass is 16.5. The van der Waals surface area contributed by atoms with Crippen molar-refractivity contribution in [3.8, 4) is 11.4 Å². The van der Waals surface area contributed by atoms with E-state index in [1.807, 2.05) is 12.1 Å². The molecular weight excluding hydrogens is 336 g/mol. The van der Waals surface area contributed by atoms with Crippen LogP contribution in [0, 0.1) is 6.92 Å². The van der Waals surface area contributed by atoms with Gasteiger partial charge >= 0.3 is 0 Å². The Kier molecular flexibility index (Phi) is 3.96. The van der Waals surface area contributed by atoms with Crippen LogP contribution in [0.25, 0.3) is 22.2 Å². The maximum Gasteiger partial charge on any atom is 0.245 e. The first kappa shape index (κ1) is 16.2. The number of nitrogens with one attached hydrogen (secondary N) is 2. The fourth-order valence-electron chi connectivity index (χ4n) is 3.56. The van der Waals surface area contributed by atoms with Gasteiger partial charge in [-0.3, -0.25) is 0 Å². The normalized spacial score (nSPS) is 19.6. The molecule has 0 spiro atoms. The molecule has 5 heteroatoms. The summed E-state index contributed by atoms with van der Waals surface area (Å²) in [5.41, 5.74) is 10.1. The van der Waals surface area contributed by atoms with E-state index in [9.17, 15) is 0 Å². The predicted octanol–water partition coefficient (Wildman–Crippen LogP) is 4.48. The Bertz CT molecular complexity index is 1090. The van der Waals surface area contributed by atoms with E-state index in [2.05, 4.69) is 82.5 Å². The average molecular weight is 356 g/mol. The molecule has 1 aliphatic rings. The molecule has 0 radical (unpaired) electrons. The number of nitrogens with zero attached hydrogens (tertiary/aromatic N) is 2. The highest BCUT2D eigenvalue weighted by molar-refractivity contribution is 5.83. The van der Waals surface area contributed by atoms with Crippen molar-refractivity contribution in [3.63, 3.8) is 0 Å². The van der Waals surface area contributed by atoms with Crippen LogP contribution in [-0.2, 0) is 0 Å². The second kappa shape index (κ2) is 6.61. The Morgan fingerprint density at radius 2 is 1.67 bits per heavy atom. The predicted molar refractivity (Wildman–Crippen MR) is 105 cm³/mol. The monoisotopic (exact) mass is 356 g/mol. The summed E-state index contributed by atoms with van der Waals surface area (Å²) in [6.07, 6.45) is 0.855. The number of aryl methyl sites for hydroxylation is 1. The molecule has 134 valence electrons. The van der Waals surface area contributed by atoms with Crippen LogP contribution in [-0.4, -0.2) is 10.1 Å². The molecule has 0 aliphatic carbocycles. The van der Waals surface area contributed by atoms with Crippen LogP contribution in [0.3, 0.4) is 0 Å². The molecule has 1 fully saturated rings. The minimum atomic E-state index is -0.00633. The fourth-order valence-corrected chi connectivity index (χ4v) is 3.56. The smallest absolute Gasteiger partial charge is 0.245 e. The number of hydrogen-bond acceptors (Lipinski definition) is 5. The van der Waals surface area contributed by atoms with Crippen LogP contribution in [0.1, 0.15) is 35.5 Å². The third-order valence-corrected chi connectivity index (χ3v) is 5.13. The molecule has 5 nitrogen and oxygen atoms in total. The second-order valence-corrected chi connectivity index (χ2v) is 7.06. The molecular formula is C22H20N4O. The molecule has 1 aromatic heterocycles. The van der Waals surface area contributed by atoms with Crippen molar-refractivity contribution in [1.82, 2.24) is 21.0 Å². The summed E-state index contributed by atoms with van der Waals surface area (Å²) in [6, 6.07) is 23.3. The Labute approximate surface area is 157 Å². The van der Waals surface area contributed by atoms with Gasteiger partial charge in [-0.2, -0.15) is 4.98 Å². The van der Waals surface area contributed by atoms with Crippen LogP contribution in [0.4, 0.5) is 0 Å². The van der Waals surface area contributed by atoms with Gasteiger partial charge in [-0.05, 0) is 35.7 Å². The van der Waals surface area contributed by atoms with Gasteiger partial charge in [0.15, 0.2) is 0 Å². The lowest BCUT2D eigenvalue weighted by Gasteiger charge is -2.10. The first-order chi connectivity index (χ1) is 13.3. The van der Waals surface area contributed by atoms with Crippen molar-refractivity contribution in [2.75, 3.05) is 0 Å². The van der Waals surface area contributed by atoms with Gasteiger partial charge in [0.25, 0.3) is 0 Å². The van der Waals surface area contributed by atoms with Gasteiger partial charge in [-0.1, -0.05) is 71.4 Å². The van der Waals surface area contributed by atoms with Crippen LogP contribution in [0.15, 0.2) is 71.3 Å². The molecule has 2 N–H and O–H groups in total. The topological polar surface area (TPSA) is 63.0 Å². The third kappa shape index (κ3) is 3.12. The molecule has 1 aliphatic heterocycles. The maximum atomic E-state index is 5.52.